The minimum atomic E-state index is -2.42. The van der Waals surface area contributed by atoms with E-state index >= 15 is 0 Å². The number of nitrogens with one attached hydrogen (secondary N) is 2. The third kappa shape index (κ3) is 4.46. The molecule has 1 fully saturated rings. The highest BCUT2D eigenvalue weighted by Crippen LogP contribution is 2.42. The fourth-order valence-corrected chi connectivity index (χ4v) is 5.34. The van der Waals surface area contributed by atoms with E-state index in [1.807, 2.05) is 41.4 Å². The molecule has 1 saturated heterocycles. The maximum atomic E-state index is 13.5. The number of aromatic nitrogens is 2. The van der Waals surface area contributed by atoms with Crippen molar-refractivity contribution in [1.29, 1.82) is 0 Å². The number of likely N-dealkylation sites (tertiary alicyclic amines) is 1. The van der Waals surface area contributed by atoms with Crippen LogP contribution in [0.15, 0.2) is 36.5 Å². The zero-order valence-electron chi connectivity index (χ0n) is 19.2. The van der Waals surface area contributed by atoms with E-state index < -0.39 is 6.43 Å². The number of hydrogen-bond acceptors (Lipinski definition) is 5. The van der Waals surface area contributed by atoms with Crippen molar-refractivity contribution >= 4 is 16.6 Å². The van der Waals surface area contributed by atoms with Gasteiger partial charge >= 0.3 is 0 Å². The molecule has 3 aromatic rings. The minimum absolute atomic E-state index is 0.285. The molecule has 0 radical (unpaired) electrons. The molecule has 1 unspecified atom stereocenters. The Morgan fingerprint density at radius 3 is 2.79 bits per heavy atom. The highest BCUT2D eigenvalue weighted by atomic mass is 19.3. The van der Waals surface area contributed by atoms with E-state index in [4.69, 9.17) is 4.74 Å². The van der Waals surface area contributed by atoms with E-state index in [1.54, 1.807) is 7.11 Å². The van der Waals surface area contributed by atoms with Gasteiger partial charge in [-0.2, -0.15) is 5.10 Å². The Hall–Kier alpha value is -2.78. The Morgan fingerprint density at radius 1 is 1.21 bits per heavy atom. The van der Waals surface area contributed by atoms with Crippen LogP contribution in [-0.2, 0) is 6.42 Å². The Morgan fingerprint density at radius 2 is 2.03 bits per heavy atom. The summed E-state index contributed by atoms with van der Waals surface area (Å²) in [7, 11) is 1.62. The zero-order valence-corrected chi connectivity index (χ0v) is 19.2. The quantitative estimate of drug-likeness (QED) is 0.487. The fourth-order valence-electron chi connectivity index (χ4n) is 5.34. The van der Waals surface area contributed by atoms with Crippen molar-refractivity contribution < 1.29 is 17.9 Å². The van der Waals surface area contributed by atoms with Crippen molar-refractivity contribution in [2.45, 2.75) is 31.4 Å². The molecule has 0 spiro atoms. The first-order valence-electron chi connectivity index (χ1n) is 11.8. The second-order valence-corrected chi connectivity index (χ2v) is 9.10. The number of fused-ring (bicyclic) bond motifs is 3. The molecule has 2 aromatic carbocycles. The SMILES string of the molecule is COc1cc(NC2CN(CCCF)C2)ccc1C1c2ccc3[nH]ncc3c2CCN1CC(F)F. The second-order valence-electron chi connectivity index (χ2n) is 9.10. The van der Waals surface area contributed by atoms with Gasteiger partial charge in [0.05, 0.1) is 44.1 Å². The van der Waals surface area contributed by atoms with Gasteiger partial charge in [0.15, 0.2) is 0 Å². The topological polar surface area (TPSA) is 56.4 Å². The van der Waals surface area contributed by atoms with E-state index in [-0.39, 0.29) is 19.3 Å². The summed E-state index contributed by atoms with van der Waals surface area (Å²) in [5, 5.41) is 11.7. The summed E-state index contributed by atoms with van der Waals surface area (Å²) in [6.07, 6.45) is 0.650. The molecular formula is C25H30F3N5O. The van der Waals surface area contributed by atoms with Crippen molar-refractivity contribution in [3.63, 3.8) is 0 Å². The highest BCUT2D eigenvalue weighted by molar-refractivity contribution is 5.83. The van der Waals surface area contributed by atoms with Crippen LogP contribution in [-0.4, -0.2) is 79.0 Å². The molecule has 3 heterocycles. The molecule has 1 aromatic heterocycles. The van der Waals surface area contributed by atoms with Crippen LogP contribution in [0.25, 0.3) is 10.9 Å². The van der Waals surface area contributed by atoms with Gasteiger partial charge in [-0.15, -0.1) is 0 Å². The molecule has 0 saturated carbocycles. The van der Waals surface area contributed by atoms with Crippen molar-refractivity contribution in [2.24, 2.45) is 0 Å². The largest absolute Gasteiger partial charge is 0.496 e. The van der Waals surface area contributed by atoms with Crippen LogP contribution in [0.4, 0.5) is 18.9 Å². The summed E-state index contributed by atoms with van der Waals surface area (Å²) in [5.74, 6) is 0.669. The van der Waals surface area contributed by atoms with Crippen molar-refractivity contribution in [3.8, 4) is 5.75 Å². The van der Waals surface area contributed by atoms with E-state index in [0.29, 0.717) is 31.2 Å². The number of anilines is 1. The monoisotopic (exact) mass is 473 g/mol. The molecule has 2 N–H and O–H groups in total. The van der Waals surface area contributed by atoms with Gasteiger partial charge in [0.1, 0.15) is 5.75 Å². The Labute approximate surface area is 197 Å². The van der Waals surface area contributed by atoms with Gasteiger partial charge in [-0.25, -0.2) is 8.78 Å². The maximum Gasteiger partial charge on any atom is 0.251 e. The van der Waals surface area contributed by atoms with Gasteiger partial charge in [0.2, 0.25) is 0 Å². The molecular weight excluding hydrogens is 443 g/mol. The molecule has 2 aliphatic rings. The summed E-state index contributed by atoms with van der Waals surface area (Å²) in [4.78, 5) is 4.07. The number of methoxy groups -OCH3 is 1. The number of ether oxygens (including phenoxy) is 1. The number of benzene rings is 2. The predicted molar refractivity (Wildman–Crippen MR) is 127 cm³/mol. The lowest BCUT2D eigenvalue weighted by Gasteiger charge is -2.40. The molecule has 6 nitrogen and oxygen atoms in total. The number of H-pyrrole nitrogens is 1. The van der Waals surface area contributed by atoms with Crippen LogP contribution in [0.2, 0.25) is 0 Å². The van der Waals surface area contributed by atoms with E-state index in [2.05, 4.69) is 20.4 Å². The normalized spacial score (nSPS) is 19.4. The third-order valence-corrected chi connectivity index (χ3v) is 6.92. The lowest BCUT2D eigenvalue weighted by molar-refractivity contribution is 0.0699. The van der Waals surface area contributed by atoms with Gasteiger partial charge < -0.3 is 10.1 Å². The van der Waals surface area contributed by atoms with Crippen molar-refractivity contribution in [2.75, 3.05) is 51.8 Å². The first kappa shape index (κ1) is 23.0. The van der Waals surface area contributed by atoms with Crippen LogP contribution in [0.3, 0.4) is 0 Å². The molecule has 1 atom stereocenters. The molecule has 34 heavy (non-hydrogen) atoms. The van der Waals surface area contributed by atoms with Gasteiger partial charge in [-0.1, -0.05) is 12.1 Å². The first-order valence-corrected chi connectivity index (χ1v) is 11.8. The van der Waals surface area contributed by atoms with Gasteiger partial charge in [0, 0.05) is 48.9 Å². The standard InChI is InChI=1S/C25H30F3N5O/c1-34-23-11-16(30-17-13-32(14-17)9-2-8-26)3-4-20(23)25-19-5-6-22-21(12-29-31-22)18(19)7-10-33(25)15-24(27)28/h3-6,11-12,17,24-25,30H,2,7-10,13-15H2,1H3,(H,29,31). The fraction of sp³-hybridized carbons (Fsp3) is 0.480. The van der Waals surface area contributed by atoms with Crippen molar-refractivity contribution in [3.05, 3.63) is 53.2 Å². The molecule has 5 rings (SSSR count). The molecule has 0 bridgehead atoms. The van der Waals surface area contributed by atoms with Crippen LogP contribution in [0, 0.1) is 0 Å². The third-order valence-electron chi connectivity index (χ3n) is 6.92. The molecule has 182 valence electrons. The number of hydrogen-bond donors (Lipinski definition) is 2. The minimum Gasteiger partial charge on any atom is -0.496 e. The molecule has 9 heteroatoms. The van der Waals surface area contributed by atoms with Crippen LogP contribution >= 0.6 is 0 Å². The van der Waals surface area contributed by atoms with Crippen LogP contribution in [0.5, 0.6) is 5.75 Å². The average Bonchev–Trinajstić information content (AvgIpc) is 3.29. The first-order chi connectivity index (χ1) is 16.6. The number of rotatable bonds is 9. The molecule has 0 amide bonds. The lowest BCUT2D eigenvalue weighted by atomic mass is 9.86. The summed E-state index contributed by atoms with van der Waals surface area (Å²) in [5.41, 5.74) is 4.91. The molecule has 0 aliphatic carbocycles. The van der Waals surface area contributed by atoms with E-state index in [0.717, 1.165) is 52.9 Å². The summed E-state index contributed by atoms with van der Waals surface area (Å²) in [6, 6.07) is 9.88. The Bertz CT molecular complexity index is 1130. The van der Waals surface area contributed by atoms with Crippen molar-refractivity contribution in [1.82, 2.24) is 20.0 Å². The second kappa shape index (κ2) is 9.84. The lowest BCUT2D eigenvalue weighted by Crippen LogP contribution is -2.54. The smallest absolute Gasteiger partial charge is 0.251 e. The maximum absolute atomic E-state index is 13.5. The Balaban J connectivity index is 1.43. The summed E-state index contributed by atoms with van der Waals surface area (Å²) < 4.78 is 45.2. The zero-order chi connectivity index (χ0) is 23.7. The van der Waals surface area contributed by atoms with Crippen LogP contribution < -0.4 is 10.1 Å². The summed E-state index contributed by atoms with van der Waals surface area (Å²) in [6.45, 7) is 2.49. The van der Waals surface area contributed by atoms with Crippen LogP contribution in [0.1, 0.15) is 29.2 Å². The predicted octanol–water partition coefficient (Wildman–Crippen LogP) is 4.24. The molecule has 2 aliphatic heterocycles. The Kier molecular flexibility index (Phi) is 6.65. The van der Waals surface area contributed by atoms with Gasteiger partial charge in [-0.3, -0.25) is 19.3 Å². The number of aromatic amines is 1. The van der Waals surface area contributed by atoms with E-state index in [9.17, 15) is 13.2 Å². The highest BCUT2D eigenvalue weighted by Gasteiger charge is 2.34. The van der Waals surface area contributed by atoms with E-state index in [1.165, 1.54) is 0 Å². The summed E-state index contributed by atoms with van der Waals surface area (Å²) >= 11 is 0. The number of alkyl halides is 3. The average molecular weight is 474 g/mol. The van der Waals surface area contributed by atoms with Gasteiger partial charge in [-0.05, 0) is 36.1 Å². The van der Waals surface area contributed by atoms with Gasteiger partial charge in [0.25, 0.3) is 6.43 Å². The number of halogens is 3. The number of nitrogens with zero attached hydrogens (tertiary/aromatic N) is 3.